The number of hydrogen-bond donors (Lipinski definition) is 1. The van der Waals surface area contributed by atoms with Crippen molar-refractivity contribution in [3.8, 4) is 11.5 Å². The molecule has 1 N–H and O–H groups in total. The van der Waals surface area contributed by atoms with Gasteiger partial charge in [0, 0.05) is 24.9 Å². The highest BCUT2D eigenvalue weighted by Crippen LogP contribution is 2.27. The first-order valence-electron chi connectivity index (χ1n) is 7.96. The van der Waals surface area contributed by atoms with Gasteiger partial charge in [-0.1, -0.05) is 36.2 Å². The maximum absolute atomic E-state index is 11.8. The highest BCUT2D eigenvalue weighted by atomic mass is 16.5. The Labute approximate surface area is 130 Å². The molecule has 1 saturated carbocycles. The van der Waals surface area contributed by atoms with E-state index in [1.807, 2.05) is 30.3 Å². The van der Waals surface area contributed by atoms with E-state index in [2.05, 4.69) is 15.5 Å². The van der Waals surface area contributed by atoms with Gasteiger partial charge in [-0.25, -0.2) is 0 Å². The fourth-order valence-electron chi connectivity index (χ4n) is 2.92. The van der Waals surface area contributed by atoms with E-state index in [-0.39, 0.29) is 5.91 Å². The van der Waals surface area contributed by atoms with Crippen LogP contribution in [-0.2, 0) is 11.2 Å². The molecule has 0 spiro atoms. The maximum atomic E-state index is 11.8. The average Bonchev–Trinajstić information content (AvgIpc) is 3.20. The second-order valence-corrected chi connectivity index (χ2v) is 5.84. The van der Waals surface area contributed by atoms with Gasteiger partial charge in [-0.15, -0.1) is 0 Å². The fourth-order valence-corrected chi connectivity index (χ4v) is 2.92. The number of benzene rings is 1. The van der Waals surface area contributed by atoms with Gasteiger partial charge < -0.3 is 9.84 Å². The number of nitrogens with zero attached hydrogens (tertiary/aromatic N) is 2. The van der Waals surface area contributed by atoms with Crippen LogP contribution < -0.4 is 5.32 Å². The van der Waals surface area contributed by atoms with Crippen LogP contribution in [-0.4, -0.2) is 22.6 Å². The van der Waals surface area contributed by atoms with E-state index in [4.69, 9.17) is 4.52 Å². The lowest BCUT2D eigenvalue weighted by atomic mass is 10.0. The molecule has 0 bridgehead atoms. The van der Waals surface area contributed by atoms with Crippen LogP contribution in [0.1, 0.15) is 37.9 Å². The molecule has 0 saturated heterocycles. The molecular formula is C17H21N3O2. The van der Waals surface area contributed by atoms with Crippen LogP contribution in [0.2, 0.25) is 0 Å². The summed E-state index contributed by atoms with van der Waals surface area (Å²) in [6, 6.07) is 9.67. The van der Waals surface area contributed by atoms with E-state index in [9.17, 15) is 4.79 Å². The number of carbonyl (C=O) groups is 1. The Hall–Kier alpha value is -2.17. The monoisotopic (exact) mass is 299 g/mol. The van der Waals surface area contributed by atoms with Gasteiger partial charge >= 0.3 is 0 Å². The van der Waals surface area contributed by atoms with Crippen LogP contribution in [0, 0.1) is 5.92 Å². The lowest BCUT2D eigenvalue weighted by Crippen LogP contribution is -2.27. The zero-order valence-electron chi connectivity index (χ0n) is 12.6. The summed E-state index contributed by atoms with van der Waals surface area (Å²) >= 11 is 0. The summed E-state index contributed by atoms with van der Waals surface area (Å²) in [4.78, 5) is 16.2. The Morgan fingerprint density at radius 2 is 2.00 bits per heavy atom. The van der Waals surface area contributed by atoms with Crippen LogP contribution in [0.4, 0.5) is 0 Å². The molecule has 1 aromatic heterocycles. The number of rotatable bonds is 6. The Bertz CT molecular complexity index is 603. The number of nitrogens with one attached hydrogen (secondary N) is 1. The Morgan fingerprint density at radius 3 is 2.77 bits per heavy atom. The molecule has 0 aliphatic heterocycles. The summed E-state index contributed by atoms with van der Waals surface area (Å²) < 4.78 is 5.24. The van der Waals surface area contributed by atoms with E-state index in [0.717, 1.165) is 5.56 Å². The molecule has 0 atom stereocenters. The summed E-state index contributed by atoms with van der Waals surface area (Å²) in [7, 11) is 0. The molecule has 5 heteroatoms. The molecule has 22 heavy (non-hydrogen) atoms. The summed E-state index contributed by atoms with van der Waals surface area (Å²) in [5, 5.41) is 6.90. The van der Waals surface area contributed by atoms with Crippen molar-refractivity contribution in [2.24, 2.45) is 5.92 Å². The minimum atomic E-state index is 0.138. The van der Waals surface area contributed by atoms with Crippen molar-refractivity contribution in [2.45, 2.75) is 38.5 Å². The summed E-state index contributed by atoms with van der Waals surface area (Å²) in [5.41, 5.74) is 0.909. The molecule has 0 unspecified atom stereocenters. The third kappa shape index (κ3) is 3.93. The number of aromatic nitrogens is 2. The molecule has 1 aromatic carbocycles. The van der Waals surface area contributed by atoms with E-state index in [1.54, 1.807) is 0 Å². The summed E-state index contributed by atoms with van der Waals surface area (Å²) in [6.07, 6.45) is 6.16. The summed E-state index contributed by atoms with van der Waals surface area (Å²) in [5.74, 6) is 1.86. The molecule has 1 aliphatic rings. The van der Waals surface area contributed by atoms with Gasteiger partial charge in [-0.3, -0.25) is 4.79 Å². The lowest BCUT2D eigenvalue weighted by Gasteiger charge is -2.08. The minimum Gasteiger partial charge on any atom is -0.356 e. The van der Waals surface area contributed by atoms with Crippen LogP contribution in [0.25, 0.3) is 11.5 Å². The van der Waals surface area contributed by atoms with Gasteiger partial charge in [0.05, 0.1) is 0 Å². The van der Waals surface area contributed by atoms with E-state index in [1.165, 1.54) is 25.7 Å². The van der Waals surface area contributed by atoms with Gasteiger partial charge in [0.1, 0.15) is 0 Å². The molecule has 2 aromatic rings. The van der Waals surface area contributed by atoms with E-state index >= 15 is 0 Å². The summed E-state index contributed by atoms with van der Waals surface area (Å²) in [6.45, 7) is 0.555. The lowest BCUT2D eigenvalue weighted by molar-refractivity contribution is -0.121. The van der Waals surface area contributed by atoms with Crippen molar-refractivity contribution < 1.29 is 9.32 Å². The standard InChI is InChI=1S/C17H21N3O2/c21-16(12-13-6-4-5-7-13)18-11-10-15-19-17(22-20-15)14-8-2-1-3-9-14/h1-3,8-9,13H,4-7,10-12H2,(H,18,21). The highest BCUT2D eigenvalue weighted by Gasteiger charge is 2.18. The molecule has 3 rings (SSSR count). The normalized spacial score (nSPS) is 15.1. The quantitative estimate of drug-likeness (QED) is 0.890. The fraction of sp³-hybridized carbons (Fsp3) is 0.471. The van der Waals surface area contributed by atoms with Crippen LogP contribution in [0.15, 0.2) is 34.9 Å². The molecular weight excluding hydrogens is 278 g/mol. The van der Waals surface area contributed by atoms with E-state index in [0.29, 0.717) is 37.0 Å². The molecule has 1 aliphatic carbocycles. The maximum Gasteiger partial charge on any atom is 0.257 e. The molecule has 1 heterocycles. The SMILES string of the molecule is O=C(CC1CCCC1)NCCc1noc(-c2ccccc2)n1. The van der Waals surface area contributed by atoms with Crippen molar-refractivity contribution in [1.29, 1.82) is 0 Å². The van der Waals surface area contributed by atoms with Crippen molar-refractivity contribution in [3.63, 3.8) is 0 Å². The molecule has 1 amide bonds. The third-order valence-electron chi connectivity index (χ3n) is 4.11. The predicted molar refractivity (Wildman–Crippen MR) is 83.0 cm³/mol. The zero-order valence-corrected chi connectivity index (χ0v) is 12.6. The highest BCUT2D eigenvalue weighted by molar-refractivity contribution is 5.76. The topological polar surface area (TPSA) is 68.0 Å². The first kappa shape index (κ1) is 14.8. The Balaban J connectivity index is 1.44. The van der Waals surface area contributed by atoms with Crippen LogP contribution in [0.3, 0.4) is 0 Å². The van der Waals surface area contributed by atoms with Crippen molar-refractivity contribution in [3.05, 3.63) is 36.2 Å². The van der Waals surface area contributed by atoms with Gasteiger partial charge in [-0.05, 0) is 30.9 Å². The van der Waals surface area contributed by atoms with Crippen LogP contribution in [0.5, 0.6) is 0 Å². The number of carbonyl (C=O) groups excluding carboxylic acids is 1. The van der Waals surface area contributed by atoms with Gasteiger partial charge in [0.15, 0.2) is 5.82 Å². The molecule has 5 nitrogen and oxygen atoms in total. The van der Waals surface area contributed by atoms with Gasteiger partial charge in [0.2, 0.25) is 5.91 Å². The second-order valence-electron chi connectivity index (χ2n) is 5.84. The molecule has 1 fully saturated rings. The second kappa shape index (κ2) is 7.20. The zero-order chi connectivity index (χ0) is 15.2. The van der Waals surface area contributed by atoms with Crippen molar-refractivity contribution >= 4 is 5.91 Å². The van der Waals surface area contributed by atoms with Crippen molar-refractivity contribution in [2.75, 3.05) is 6.54 Å². The minimum absolute atomic E-state index is 0.138. The third-order valence-corrected chi connectivity index (χ3v) is 4.11. The van der Waals surface area contributed by atoms with E-state index < -0.39 is 0 Å². The Morgan fingerprint density at radius 1 is 1.23 bits per heavy atom. The largest absolute Gasteiger partial charge is 0.356 e. The number of hydrogen-bond acceptors (Lipinski definition) is 4. The molecule has 0 radical (unpaired) electrons. The first-order valence-corrected chi connectivity index (χ1v) is 7.96. The average molecular weight is 299 g/mol. The van der Waals surface area contributed by atoms with Gasteiger partial charge in [0.25, 0.3) is 5.89 Å². The van der Waals surface area contributed by atoms with Crippen LogP contribution >= 0.6 is 0 Å². The molecule has 116 valence electrons. The van der Waals surface area contributed by atoms with Crippen molar-refractivity contribution in [1.82, 2.24) is 15.5 Å². The Kier molecular flexibility index (Phi) is 4.83. The number of amides is 1. The predicted octanol–water partition coefficient (Wildman–Crippen LogP) is 2.98. The smallest absolute Gasteiger partial charge is 0.257 e. The van der Waals surface area contributed by atoms with Gasteiger partial charge in [-0.2, -0.15) is 4.98 Å². The first-order chi connectivity index (χ1) is 10.8.